The smallest absolute Gasteiger partial charge is 0.237 e. The summed E-state index contributed by atoms with van der Waals surface area (Å²) in [5.74, 6) is 0.128. The number of nitrogens with zero attached hydrogens (tertiary/aromatic N) is 1. The van der Waals surface area contributed by atoms with E-state index < -0.39 is 0 Å². The average Bonchev–Trinajstić information content (AvgIpc) is 2.89. The molecule has 1 aromatic rings. The molecule has 1 fully saturated rings. The molecule has 0 aliphatic carbocycles. The van der Waals surface area contributed by atoms with Gasteiger partial charge in [-0.2, -0.15) is 0 Å². The molecule has 0 bridgehead atoms. The minimum atomic E-state index is -0.00925. The second kappa shape index (κ2) is 7.05. The molecule has 0 saturated carbocycles. The van der Waals surface area contributed by atoms with E-state index >= 15 is 0 Å². The summed E-state index contributed by atoms with van der Waals surface area (Å²) in [7, 11) is 1.72. The van der Waals surface area contributed by atoms with Gasteiger partial charge >= 0.3 is 0 Å². The first kappa shape index (κ1) is 16.0. The van der Waals surface area contributed by atoms with E-state index in [1.807, 2.05) is 0 Å². The Morgan fingerprint density at radius 1 is 1.43 bits per heavy atom. The molecule has 1 aliphatic heterocycles. The van der Waals surface area contributed by atoms with E-state index in [-0.39, 0.29) is 11.9 Å². The van der Waals surface area contributed by atoms with Gasteiger partial charge in [0.2, 0.25) is 5.91 Å². The molecule has 1 amide bonds. The molecule has 0 unspecified atom stereocenters. The van der Waals surface area contributed by atoms with Crippen LogP contribution in [0.15, 0.2) is 24.3 Å². The average molecular weight is 289 g/mol. The SMILES string of the molecule is CNC(=O)[C@@H]1C[C@@H](NCc2cccc(C)c2)CN1C(C)C. The predicted octanol–water partition coefficient (Wildman–Crippen LogP) is 1.68. The topological polar surface area (TPSA) is 44.4 Å². The number of carbonyl (C=O) groups excluding carboxylic acids is 1. The Labute approximate surface area is 127 Å². The minimum Gasteiger partial charge on any atom is -0.358 e. The van der Waals surface area contributed by atoms with Crippen molar-refractivity contribution in [3.63, 3.8) is 0 Å². The Morgan fingerprint density at radius 3 is 2.81 bits per heavy atom. The number of nitrogens with one attached hydrogen (secondary N) is 2. The molecule has 0 aromatic heterocycles. The summed E-state index contributed by atoms with van der Waals surface area (Å²) in [5, 5.41) is 6.38. The fraction of sp³-hybridized carbons (Fsp3) is 0.588. The summed E-state index contributed by atoms with van der Waals surface area (Å²) in [6, 6.07) is 9.30. The van der Waals surface area contributed by atoms with Crippen LogP contribution >= 0.6 is 0 Å². The molecule has 1 aliphatic rings. The van der Waals surface area contributed by atoms with Crippen molar-refractivity contribution in [2.24, 2.45) is 0 Å². The zero-order valence-electron chi connectivity index (χ0n) is 13.5. The Hall–Kier alpha value is -1.39. The van der Waals surface area contributed by atoms with Gasteiger partial charge in [-0.25, -0.2) is 0 Å². The van der Waals surface area contributed by atoms with Crippen LogP contribution < -0.4 is 10.6 Å². The third-order valence-electron chi connectivity index (χ3n) is 4.23. The third-order valence-corrected chi connectivity index (χ3v) is 4.23. The van der Waals surface area contributed by atoms with E-state index in [1.165, 1.54) is 11.1 Å². The Bertz CT molecular complexity index is 487. The highest BCUT2D eigenvalue weighted by atomic mass is 16.2. The molecule has 4 heteroatoms. The van der Waals surface area contributed by atoms with Crippen molar-refractivity contribution < 1.29 is 4.79 Å². The lowest BCUT2D eigenvalue weighted by molar-refractivity contribution is -0.125. The summed E-state index contributed by atoms with van der Waals surface area (Å²) in [6.07, 6.45) is 0.879. The normalized spacial score (nSPS) is 22.7. The fourth-order valence-electron chi connectivity index (χ4n) is 3.09. The first-order chi connectivity index (χ1) is 10.0. The van der Waals surface area contributed by atoms with E-state index in [4.69, 9.17) is 0 Å². The van der Waals surface area contributed by atoms with Crippen LogP contribution in [0.2, 0.25) is 0 Å². The van der Waals surface area contributed by atoms with Crippen molar-refractivity contribution in [3.8, 4) is 0 Å². The summed E-state index contributed by atoms with van der Waals surface area (Å²) in [6.45, 7) is 8.21. The standard InChI is InChI=1S/C17H27N3O/c1-12(2)20-11-15(9-16(20)17(21)18-4)19-10-14-7-5-6-13(3)8-14/h5-8,12,15-16,19H,9-11H2,1-4H3,(H,18,21)/t15-,16+/m1/s1. The van der Waals surface area contributed by atoms with Crippen LogP contribution in [0.1, 0.15) is 31.4 Å². The predicted molar refractivity (Wildman–Crippen MR) is 86.1 cm³/mol. The number of likely N-dealkylation sites (tertiary alicyclic amines) is 1. The second-order valence-corrected chi connectivity index (χ2v) is 6.22. The first-order valence-electron chi connectivity index (χ1n) is 7.77. The zero-order chi connectivity index (χ0) is 15.4. The van der Waals surface area contributed by atoms with Crippen molar-refractivity contribution >= 4 is 5.91 Å². The van der Waals surface area contributed by atoms with Gasteiger partial charge in [-0.1, -0.05) is 29.8 Å². The molecule has 116 valence electrons. The number of hydrogen-bond donors (Lipinski definition) is 2. The highest BCUT2D eigenvalue weighted by Crippen LogP contribution is 2.21. The lowest BCUT2D eigenvalue weighted by atomic mass is 10.1. The summed E-state index contributed by atoms with van der Waals surface area (Å²) in [4.78, 5) is 14.3. The van der Waals surface area contributed by atoms with Gasteiger partial charge < -0.3 is 10.6 Å². The number of benzene rings is 1. The van der Waals surface area contributed by atoms with Crippen molar-refractivity contribution in [3.05, 3.63) is 35.4 Å². The molecule has 1 saturated heterocycles. The number of rotatable bonds is 5. The van der Waals surface area contributed by atoms with E-state index in [9.17, 15) is 4.79 Å². The van der Waals surface area contributed by atoms with Gasteiger partial charge in [0.1, 0.15) is 0 Å². The van der Waals surface area contributed by atoms with Gasteiger partial charge in [0, 0.05) is 32.2 Å². The number of carbonyl (C=O) groups is 1. The van der Waals surface area contributed by atoms with E-state index in [1.54, 1.807) is 7.05 Å². The Balaban J connectivity index is 1.94. The molecular formula is C17H27N3O. The van der Waals surface area contributed by atoms with E-state index in [0.29, 0.717) is 12.1 Å². The summed E-state index contributed by atoms with van der Waals surface area (Å²) < 4.78 is 0. The van der Waals surface area contributed by atoms with Crippen molar-refractivity contribution in [1.82, 2.24) is 15.5 Å². The van der Waals surface area contributed by atoms with Gasteiger partial charge in [-0.3, -0.25) is 9.69 Å². The van der Waals surface area contributed by atoms with Crippen LogP contribution in [-0.2, 0) is 11.3 Å². The van der Waals surface area contributed by atoms with Gasteiger partial charge in [-0.15, -0.1) is 0 Å². The zero-order valence-corrected chi connectivity index (χ0v) is 13.5. The molecule has 21 heavy (non-hydrogen) atoms. The van der Waals surface area contributed by atoms with Crippen LogP contribution in [0, 0.1) is 6.92 Å². The maximum absolute atomic E-state index is 12.0. The fourth-order valence-corrected chi connectivity index (χ4v) is 3.09. The van der Waals surface area contributed by atoms with Gasteiger partial charge in [-0.05, 0) is 32.8 Å². The van der Waals surface area contributed by atoms with Gasteiger partial charge in [0.15, 0.2) is 0 Å². The van der Waals surface area contributed by atoms with Crippen molar-refractivity contribution in [2.75, 3.05) is 13.6 Å². The Morgan fingerprint density at radius 2 is 2.19 bits per heavy atom. The third kappa shape index (κ3) is 4.05. The molecule has 2 atom stereocenters. The maximum Gasteiger partial charge on any atom is 0.237 e. The van der Waals surface area contributed by atoms with Crippen LogP contribution in [-0.4, -0.2) is 42.5 Å². The summed E-state index contributed by atoms with van der Waals surface area (Å²) in [5.41, 5.74) is 2.59. The molecule has 0 spiro atoms. The first-order valence-corrected chi connectivity index (χ1v) is 7.77. The molecule has 0 radical (unpaired) electrons. The van der Waals surface area contributed by atoms with Crippen LogP contribution in [0.5, 0.6) is 0 Å². The number of amides is 1. The van der Waals surface area contributed by atoms with Crippen LogP contribution in [0.25, 0.3) is 0 Å². The largest absolute Gasteiger partial charge is 0.358 e. The molecule has 2 N–H and O–H groups in total. The van der Waals surface area contributed by atoms with Crippen LogP contribution in [0.3, 0.4) is 0 Å². The van der Waals surface area contributed by atoms with Crippen LogP contribution in [0.4, 0.5) is 0 Å². The van der Waals surface area contributed by atoms with E-state index in [0.717, 1.165) is 19.5 Å². The highest BCUT2D eigenvalue weighted by Gasteiger charge is 2.37. The highest BCUT2D eigenvalue weighted by molar-refractivity contribution is 5.81. The monoisotopic (exact) mass is 289 g/mol. The van der Waals surface area contributed by atoms with Gasteiger partial charge in [0.05, 0.1) is 6.04 Å². The minimum absolute atomic E-state index is 0.00925. The number of hydrogen-bond acceptors (Lipinski definition) is 3. The second-order valence-electron chi connectivity index (χ2n) is 6.22. The maximum atomic E-state index is 12.0. The Kier molecular flexibility index (Phi) is 5.37. The molecular weight excluding hydrogens is 262 g/mol. The number of aryl methyl sites for hydroxylation is 1. The van der Waals surface area contributed by atoms with Gasteiger partial charge in [0.25, 0.3) is 0 Å². The number of likely N-dealkylation sites (N-methyl/N-ethyl adjacent to an activating group) is 1. The molecule has 2 rings (SSSR count). The lowest BCUT2D eigenvalue weighted by Gasteiger charge is -2.26. The van der Waals surface area contributed by atoms with E-state index in [2.05, 4.69) is 60.6 Å². The van der Waals surface area contributed by atoms with Crippen molar-refractivity contribution in [1.29, 1.82) is 0 Å². The summed E-state index contributed by atoms with van der Waals surface area (Å²) >= 11 is 0. The quantitative estimate of drug-likeness (QED) is 0.867. The molecule has 1 heterocycles. The van der Waals surface area contributed by atoms with Crippen molar-refractivity contribution in [2.45, 2.75) is 51.9 Å². The lowest BCUT2D eigenvalue weighted by Crippen LogP contribution is -2.45. The molecule has 1 aromatic carbocycles. The molecule has 4 nitrogen and oxygen atoms in total.